The van der Waals surface area contributed by atoms with Gasteiger partial charge in [-0.1, -0.05) is 25.6 Å². The predicted octanol–water partition coefficient (Wildman–Crippen LogP) is 1.12. The van der Waals surface area contributed by atoms with E-state index in [-0.39, 0.29) is 30.7 Å². The average Bonchev–Trinajstić information content (AvgIpc) is 3.12. The van der Waals surface area contributed by atoms with Gasteiger partial charge in [0.25, 0.3) is 5.56 Å². The van der Waals surface area contributed by atoms with E-state index < -0.39 is 44.5 Å². The summed E-state index contributed by atoms with van der Waals surface area (Å²) in [7, 11) is -2.50. The Kier molecular flexibility index (Phi) is 10.5. The topological polar surface area (TPSA) is 146 Å². The third-order valence-electron chi connectivity index (χ3n) is 4.41. The third-order valence-corrected chi connectivity index (χ3v) is 6.37. The summed E-state index contributed by atoms with van der Waals surface area (Å²) in [4.78, 5) is 37.2. The van der Waals surface area contributed by atoms with Crippen LogP contribution in [-0.2, 0) is 27.9 Å². The zero-order valence-corrected chi connectivity index (χ0v) is 19.4. The molecule has 0 aliphatic carbocycles. The Morgan fingerprint density at radius 2 is 2.13 bits per heavy atom. The number of aromatic nitrogens is 2. The molecule has 0 spiro atoms. The summed E-state index contributed by atoms with van der Waals surface area (Å²) in [5.74, 6) is 0.505. The van der Waals surface area contributed by atoms with Gasteiger partial charge in [0, 0.05) is 34.4 Å². The number of aromatic amines is 1. The van der Waals surface area contributed by atoms with Gasteiger partial charge in [0.2, 0.25) is 0 Å². The van der Waals surface area contributed by atoms with Gasteiger partial charge in [0.15, 0.2) is 5.12 Å². The summed E-state index contributed by atoms with van der Waals surface area (Å²) in [6.07, 6.45) is -0.860. The van der Waals surface area contributed by atoms with Gasteiger partial charge in [0.05, 0.1) is 19.8 Å². The van der Waals surface area contributed by atoms with E-state index in [2.05, 4.69) is 4.98 Å². The highest BCUT2D eigenvalue weighted by atomic mass is 32.2. The molecule has 31 heavy (non-hydrogen) atoms. The highest BCUT2D eigenvalue weighted by molar-refractivity contribution is 8.13. The fourth-order valence-corrected chi connectivity index (χ4v) is 4.19. The van der Waals surface area contributed by atoms with Crippen molar-refractivity contribution in [2.75, 3.05) is 32.2 Å². The first-order valence-electron chi connectivity index (χ1n) is 9.82. The quantitative estimate of drug-likeness (QED) is 0.330. The van der Waals surface area contributed by atoms with Gasteiger partial charge in [-0.3, -0.25) is 19.1 Å². The van der Waals surface area contributed by atoms with Crippen molar-refractivity contribution in [3.63, 3.8) is 0 Å². The molecule has 1 aliphatic heterocycles. The van der Waals surface area contributed by atoms with Crippen LogP contribution >= 0.6 is 20.0 Å². The van der Waals surface area contributed by atoms with Crippen LogP contribution in [0, 0.1) is 12.8 Å². The summed E-state index contributed by atoms with van der Waals surface area (Å²) in [6.45, 7) is 5.38. The van der Waals surface area contributed by atoms with Gasteiger partial charge in [-0.25, -0.2) is 4.79 Å². The molecule has 1 aromatic rings. The van der Waals surface area contributed by atoms with Crippen LogP contribution in [0.3, 0.4) is 0 Å². The number of aliphatic hydroxyl groups is 1. The molecule has 4 atom stereocenters. The standard InChI is InChI=1S/C18H27N2O9PS/c1-11(2)17(23)31-7-6-26-4-5-27-30(25)29-13-8-15(28-14(13)10-21)20-9-12(3)16(22)19-18(20)24/h9,11,13-15,21H,4-8,10H2,1-3H3/p+1/t13-,14?,15-/m1/s1. The molecular formula is C18H28N2O9PS+. The van der Waals surface area contributed by atoms with Gasteiger partial charge < -0.3 is 14.6 Å². The number of aliphatic hydroxyl groups excluding tert-OH is 1. The summed E-state index contributed by atoms with van der Waals surface area (Å²) >= 11 is 1.21. The molecule has 0 aromatic carbocycles. The van der Waals surface area contributed by atoms with Gasteiger partial charge in [-0.05, 0) is 6.92 Å². The van der Waals surface area contributed by atoms with Crippen molar-refractivity contribution >= 4 is 25.1 Å². The van der Waals surface area contributed by atoms with E-state index in [1.165, 1.54) is 22.5 Å². The number of aryl methyl sites for hydroxylation is 1. The molecule has 1 aromatic heterocycles. The van der Waals surface area contributed by atoms with Crippen LogP contribution in [0.15, 0.2) is 15.8 Å². The first-order valence-corrected chi connectivity index (χ1v) is 11.9. The summed E-state index contributed by atoms with van der Waals surface area (Å²) in [5.41, 5.74) is -0.812. The second kappa shape index (κ2) is 12.6. The molecule has 2 unspecified atom stereocenters. The molecule has 13 heteroatoms. The largest absolute Gasteiger partial charge is 0.697 e. The molecule has 0 saturated carbocycles. The molecule has 1 fully saturated rings. The Bertz CT molecular complexity index is 872. The summed E-state index contributed by atoms with van der Waals surface area (Å²) in [5, 5.41) is 9.62. The molecule has 174 valence electrons. The molecule has 0 radical (unpaired) electrons. The number of nitrogens with zero attached hydrogens (tertiary/aromatic N) is 1. The number of hydrogen-bond acceptors (Lipinski definition) is 10. The molecule has 11 nitrogen and oxygen atoms in total. The van der Waals surface area contributed by atoms with Crippen molar-refractivity contribution in [3.05, 3.63) is 32.6 Å². The number of carbonyl (C=O) groups excluding carboxylic acids is 1. The van der Waals surface area contributed by atoms with E-state index in [0.717, 1.165) is 0 Å². The van der Waals surface area contributed by atoms with E-state index in [1.54, 1.807) is 6.92 Å². The maximum absolute atomic E-state index is 12.1. The SMILES string of the molecule is Cc1cn([C@H]2C[C@@H](O[P+](=O)OCCOCCSC(=O)C(C)C)C(CO)O2)c(=O)[nH]c1=O. The fourth-order valence-electron chi connectivity index (χ4n) is 2.73. The van der Waals surface area contributed by atoms with E-state index in [9.17, 15) is 24.1 Å². The lowest BCUT2D eigenvalue weighted by molar-refractivity contribution is -0.113. The van der Waals surface area contributed by atoms with Crippen LogP contribution < -0.4 is 11.2 Å². The molecule has 2 heterocycles. The third kappa shape index (κ3) is 7.90. The van der Waals surface area contributed by atoms with Gasteiger partial charge in [0.1, 0.15) is 25.0 Å². The maximum atomic E-state index is 12.1. The highest BCUT2D eigenvalue weighted by Gasteiger charge is 2.43. The zero-order valence-electron chi connectivity index (χ0n) is 17.6. The predicted molar refractivity (Wildman–Crippen MR) is 113 cm³/mol. The Morgan fingerprint density at radius 1 is 1.39 bits per heavy atom. The first kappa shape index (κ1) is 25.9. The Hall–Kier alpha value is -1.40. The average molecular weight is 479 g/mol. The van der Waals surface area contributed by atoms with Crippen LogP contribution in [0.4, 0.5) is 0 Å². The van der Waals surface area contributed by atoms with Crippen molar-refractivity contribution in [1.29, 1.82) is 0 Å². The lowest BCUT2D eigenvalue weighted by Gasteiger charge is -2.14. The summed E-state index contributed by atoms with van der Waals surface area (Å²) in [6, 6.07) is 0. The lowest BCUT2D eigenvalue weighted by atomic mass is 10.2. The second-order valence-electron chi connectivity index (χ2n) is 7.16. The number of nitrogens with one attached hydrogen (secondary N) is 1. The normalized spacial score (nSPS) is 21.6. The van der Waals surface area contributed by atoms with Crippen molar-refractivity contribution in [2.45, 2.75) is 45.6 Å². The van der Waals surface area contributed by atoms with E-state index in [0.29, 0.717) is 17.9 Å². The second-order valence-corrected chi connectivity index (χ2v) is 9.18. The summed E-state index contributed by atoms with van der Waals surface area (Å²) < 4.78 is 34.7. The molecule has 2 N–H and O–H groups in total. The van der Waals surface area contributed by atoms with Gasteiger partial charge in [-0.15, -0.1) is 9.05 Å². The molecular weight excluding hydrogens is 451 g/mol. The number of ether oxygens (including phenoxy) is 2. The van der Waals surface area contributed by atoms with Gasteiger partial charge in [-0.2, -0.15) is 0 Å². The molecule has 1 saturated heterocycles. The fraction of sp³-hybridized carbons (Fsp3) is 0.722. The smallest absolute Gasteiger partial charge is 0.394 e. The monoisotopic (exact) mass is 479 g/mol. The molecule has 2 rings (SSSR count). The van der Waals surface area contributed by atoms with E-state index in [1.807, 2.05) is 13.8 Å². The highest BCUT2D eigenvalue weighted by Crippen LogP contribution is 2.36. The van der Waals surface area contributed by atoms with E-state index in [4.69, 9.17) is 18.5 Å². The minimum absolute atomic E-state index is 0.0248. The lowest BCUT2D eigenvalue weighted by Crippen LogP contribution is -2.33. The van der Waals surface area contributed by atoms with Crippen molar-refractivity contribution < 1.29 is 33.0 Å². The molecule has 0 amide bonds. The minimum Gasteiger partial charge on any atom is -0.394 e. The van der Waals surface area contributed by atoms with Gasteiger partial charge >= 0.3 is 13.9 Å². The minimum atomic E-state index is -2.50. The Morgan fingerprint density at radius 3 is 2.81 bits per heavy atom. The van der Waals surface area contributed by atoms with Crippen LogP contribution in [-0.4, -0.2) is 64.2 Å². The number of hydrogen-bond donors (Lipinski definition) is 2. The number of rotatable bonds is 12. The molecule has 0 bridgehead atoms. The Balaban J connectivity index is 1.75. The van der Waals surface area contributed by atoms with Crippen molar-refractivity contribution in [1.82, 2.24) is 9.55 Å². The van der Waals surface area contributed by atoms with Crippen molar-refractivity contribution in [3.8, 4) is 0 Å². The zero-order chi connectivity index (χ0) is 23.0. The first-order chi connectivity index (χ1) is 14.7. The number of carbonyl (C=O) groups is 1. The Labute approximate surface area is 184 Å². The van der Waals surface area contributed by atoms with Crippen molar-refractivity contribution in [2.24, 2.45) is 5.92 Å². The van der Waals surface area contributed by atoms with Crippen LogP contribution in [0.5, 0.6) is 0 Å². The maximum Gasteiger partial charge on any atom is 0.697 e. The number of H-pyrrole nitrogens is 1. The van der Waals surface area contributed by atoms with Crippen LogP contribution in [0.2, 0.25) is 0 Å². The number of thioether (sulfide) groups is 1. The van der Waals surface area contributed by atoms with E-state index >= 15 is 0 Å². The van der Waals surface area contributed by atoms with Crippen LogP contribution in [0.25, 0.3) is 0 Å². The molecule has 1 aliphatic rings. The van der Waals surface area contributed by atoms with Crippen LogP contribution in [0.1, 0.15) is 32.1 Å².